The Bertz CT molecular complexity index is 714. The molecule has 2 aromatic rings. The lowest BCUT2D eigenvalue weighted by Crippen LogP contribution is -2.15. The second-order valence-electron chi connectivity index (χ2n) is 3.98. The van der Waals surface area contributed by atoms with Crippen molar-refractivity contribution in [3.63, 3.8) is 0 Å². The Balaban J connectivity index is 2.30. The van der Waals surface area contributed by atoms with Crippen LogP contribution in [-0.4, -0.2) is 15.9 Å². The number of nitrogens with one attached hydrogen (secondary N) is 1. The monoisotopic (exact) mass is 369 g/mol. The van der Waals surface area contributed by atoms with Crippen LogP contribution in [-0.2, 0) is 6.18 Å². The largest absolute Gasteiger partial charge is 0.416 e. The molecule has 1 heterocycles. The second kappa shape index (κ2) is 6.28. The number of hydrogen-bond donors (Lipinski definition) is 1. The Kier molecular flexibility index (Phi) is 4.79. The molecule has 0 spiro atoms. The van der Waals surface area contributed by atoms with E-state index < -0.39 is 17.6 Å². The van der Waals surface area contributed by atoms with Crippen molar-refractivity contribution >= 4 is 46.4 Å². The number of alkyl halides is 3. The Morgan fingerprint density at radius 3 is 2.23 bits per heavy atom. The van der Waals surface area contributed by atoms with E-state index in [2.05, 4.69) is 15.3 Å². The predicted octanol–water partition coefficient (Wildman–Crippen LogP) is 4.71. The van der Waals surface area contributed by atoms with Crippen molar-refractivity contribution in [1.29, 1.82) is 0 Å². The molecule has 10 heteroatoms. The van der Waals surface area contributed by atoms with Crippen molar-refractivity contribution in [2.75, 3.05) is 5.32 Å². The normalized spacial score (nSPS) is 11.4. The highest BCUT2D eigenvalue weighted by atomic mass is 35.5. The van der Waals surface area contributed by atoms with Crippen LogP contribution >= 0.6 is 34.8 Å². The molecule has 1 N–H and O–H groups in total. The van der Waals surface area contributed by atoms with Crippen molar-refractivity contribution in [1.82, 2.24) is 9.97 Å². The number of carbonyl (C=O) groups is 1. The van der Waals surface area contributed by atoms with Crippen LogP contribution in [0.3, 0.4) is 0 Å². The average molecular weight is 371 g/mol. The lowest BCUT2D eigenvalue weighted by atomic mass is 10.2. The van der Waals surface area contributed by atoms with Crippen LogP contribution < -0.4 is 5.32 Å². The summed E-state index contributed by atoms with van der Waals surface area (Å²) in [6.45, 7) is 0. The molecule has 0 fully saturated rings. The smallest absolute Gasteiger partial charge is 0.322 e. The van der Waals surface area contributed by atoms with Crippen molar-refractivity contribution in [3.05, 3.63) is 51.0 Å². The zero-order valence-corrected chi connectivity index (χ0v) is 12.6. The van der Waals surface area contributed by atoms with E-state index in [9.17, 15) is 18.0 Å². The van der Waals surface area contributed by atoms with E-state index in [0.29, 0.717) is 0 Å². The molecule has 22 heavy (non-hydrogen) atoms. The van der Waals surface area contributed by atoms with Gasteiger partial charge in [0.15, 0.2) is 0 Å². The zero-order valence-electron chi connectivity index (χ0n) is 10.4. The van der Waals surface area contributed by atoms with Gasteiger partial charge < -0.3 is 5.32 Å². The fraction of sp³-hybridized carbons (Fsp3) is 0.0833. The van der Waals surface area contributed by atoms with Crippen LogP contribution in [0.25, 0.3) is 0 Å². The van der Waals surface area contributed by atoms with Crippen molar-refractivity contribution in [2.24, 2.45) is 0 Å². The summed E-state index contributed by atoms with van der Waals surface area (Å²) in [5.41, 5.74) is -1.28. The van der Waals surface area contributed by atoms with Gasteiger partial charge in [0, 0.05) is 5.69 Å². The number of amides is 1. The van der Waals surface area contributed by atoms with Crippen LogP contribution in [0.5, 0.6) is 0 Å². The maximum atomic E-state index is 12.6. The number of aromatic nitrogens is 2. The SMILES string of the molecule is O=C(Nc1cccc(C(F)(F)F)c1)c1c(Cl)nc(Cl)nc1Cl. The number of halogens is 6. The van der Waals surface area contributed by atoms with E-state index in [4.69, 9.17) is 34.8 Å². The number of nitrogens with zero attached hydrogens (tertiary/aromatic N) is 2. The first-order valence-corrected chi connectivity index (χ1v) is 6.69. The fourth-order valence-corrected chi connectivity index (χ4v) is 2.35. The van der Waals surface area contributed by atoms with Crippen LogP contribution in [0.4, 0.5) is 18.9 Å². The minimum absolute atomic E-state index is 0.0816. The summed E-state index contributed by atoms with van der Waals surface area (Å²) in [5.74, 6) is -0.856. The number of hydrogen-bond acceptors (Lipinski definition) is 3. The van der Waals surface area contributed by atoms with Gasteiger partial charge in [0.25, 0.3) is 5.91 Å². The molecule has 1 aromatic heterocycles. The number of anilines is 1. The Morgan fingerprint density at radius 2 is 1.68 bits per heavy atom. The molecule has 116 valence electrons. The van der Waals surface area contributed by atoms with Gasteiger partial charge in [-0.2, -0.15) is 13.2 Å². The van der Waals surface area contributed by atoms with Gasteiger partial charge in [-0.25, -0.2) is 9.97 Å². The third-order valence-electron chi connectivity index (χ3n) is 2.47. The molecule has 0 bridgehead atoms. The topological polar surface area (TPSA) is 54.9 Å². The van der Waals surface area contributed by atoms with Gasteiger partial charge in [-0.3, -0.25) is 4.79 Å². The number of benzene rings is 1. The van der Waals surface area contributed by atoms with E-state index in [1.54, 1.807) is 0 Å². The van der Waals surface area contributed by atoms with E-state index in [1.165, 1.54) is 6.07 Å². The average Bonchev–Trinajstić information content (AvgIpc) is 2.36. The Hall–Kier alpha value is -1.57. The highest BCUT2D eigenvalue weighted by molar-refractivity contribution is 6.40. The first kappa shape index (κ1) is 16.8. The van der Waals surface area contributed by atoms with Crippen LogP contribution in [0, 0.1) is 0 Å². The van der Waals surface area contributed by atoms with Crippen molar-refractivity contribution in [3.8, 4) is 0 Å². The highest BCUT2D eigenvalue weighted by Gasteiger charge is 2.30. The quantitative estimate of drug-likeness (QED) is 0.615. The van der Waals surface area contributed by atoms with Gasteiger partial charge in [-0.1, -0.05) is 29.3 Å². The molecule has 0 saturated carbocycles. The van der Waals surface area contributed by atoms with Crippen molar-refractivity contribution in [2.45, 2.75) is 6.18 Å². The molecular formula is C12H5Cl3F3N3O. The molecule has 1 amide bonds. The molecular weight excluding hydrogens is 366 g/mol. The molecule has 0 saturated heterocycles. The van der Waals surface area contributed by atoms with Gasteiger partial charge in [0.1, 0.15) is 15.9 Å². The minimum Gasteiger partial charge on any atom is -0.322 e. The van der Waals surface area contributed by atoms with Crippen LogP contribution in [0.15, 0.2) is 24.3 Å². The summed E-state index contributed by atoms with van der Waals surface area (Å²) in [7, 11) is 0. The van der Waals surface area contributed by atoms with Crippen LogP contribution in [0.2, 0.25) is 15.6 Å². The summed E-state index contributed by atoms with van der Waals surface area (Å²) >= 11 is 17.0. The van der Waals surface area contributed by atoms with Gasteiger partial charge >= 0.3 is 6.18 Å². The third-order valence-corrected chi connectivity index (χ3v) is 3.18. The molecule has 4 nitrogen and oxygen atoms in total. The van der Waals surface area contributed by atoms with E-state index >= 15 is 0 Å². The molecule has 1 aromatic carbocycles. The maximum Gasteiger partial charge on any atom is 0.416 e. The van der Waals surface area contributed by atoms with Gasteiger partial charge in [0.2, 0.25) is 5.28 Å². The Labute approximate surface area is 137 Å². The van der Waals surface area contributed by atoms with E-state index in [0.717, 1.165) is 18.2 Å². The van der Waals surface area contributed by atoms with Gasteiger partial charge in [-0.05, 0) is 29.8 Å². The predicted molar refractivity (Wildman–Crippen MR) is 76.5 cm³/mol. The lowest BCUT2D eigenvalue weighted by molar-refractivity contribution is -0.137. The fourth-order valence-electron chi connectivity index (χ4n) is 1.54. The second-order valence-corrected chi connectivity index (χ2v) is 5.04. The van der Waals surface area contributed by atoms with Gasteiger partial charge in [0.05, 0.1) is 5.56 Å². The first-order chi connectivity index (χ1) is 10.2. The van der Waals surface area contributed by atoms with E-state index in [1.807, 2.05) is 0 Å². The number of carbonyl (C=O) groups excluding carboxylic acids is 1. The van der Waals surface area contributed by atoms with Crippen molar-refractivity contribution < 1.29 is 18.0 Å². The van der Waals surface area contributed by atoms with E-state index in [-0.39, 0.29) is 26.8 Å². The zero-order chi connectivity index (χ0) is 16.5. The number of rotatable bonds is 2. The molecule has 0 unspecified atom stereocenters. The molecule has 0 atom stereocenters. The molecule has 0 aliphatic carbocycles. The standard InChI is InChI=1S/C12H5Cl3F3N3O/c13-8-7(9(14)21-11(15)20-8)10(22)19-6-3-1-2-5(4-6)12(16,17)18/h1-4H,(H,19,22). The summed E-state index contributed by atoms with van der Waals surface area (Å²) in [4.78, 5) is 19.1. The highest BCUT2D eigenvalue weighted by Crippen LogP contribution is 2.31. The Morgan fingerprint density at radius 1 is 1.09 bits per heavy atom. The van der Waals surface area contributed by atoms with Gasteiger partial charge in [-0.15, -0.1) is 0 Å². The minimum atomic E-state index is -4.53. The summed E-state index contributed by atoms with van der Waals surface area (Å²) in [6, 6.07) is 4.09. The summed E-state index contributed by atoms with van der Waals surface area (Å²) in [6.07, 6.45) is -4.53. The maximum absolute atomic E-state index is 12.6. The summed E-state index contributed by atoms with van der Waals surface area (Å²) in [5, 5.41) is 1.36. The molecule has 0 aliphatic heterocycles. The first-order valence-electron chi connectivity index (χ1n) is 5.55. The van der Waals surface area contributed by atoms with Crippen LogP contribution in [0.1, 0.15) is 15.9 Å². The lowest BCUT2D eigenvalue weighted by Gasteiger charge is -2.10. The third kappa shape index (κ3) is 3.79. The molecule has 0 radical (unpaired) electrons. The molecule has 0 aliphatic rings. The molecule has 2 rings (SSSR count). The summed E-state index contributed by atoms with van der Waals surface area (Å²) < 4.78 is 37.8.